The Morgan fingerprint density at radius 3 is 2.59 bits per heavy atom. The van der Waals surface area contributed by atoms with Gasteiger partial charge in [-0.2, -0.15) is 4.31 Å². The molecule has 0 bridgehead atoms. The number of carbonyl (C=O) groups is 1. The van der Waals surface area contributed by atoms with Gasteiger partial charge in [0.25, 0.3) is 0 Å². The average molecular weight is 327 g/mol. The molecule has 0 amide bonds. The molecule has 2 heterocycles. The summed E-state index contributed by atoms with van der Waals surface area (Å²) < 4.78 is 26.2. The predicted octanol–water partition coefficient (Wildman–Crippen LogP) is 1.53. The smallest absolute Gasteiger partial charge is 0.326 e. The Morgan fingerprint density at radius 2 is 2.09 bits per heavy atom. The molecule has 0 spiro atoms. The van der Waals surface area contributed by atoms with E-state index in [0.29, 0.717) is 25.3 Å². The van der Waals surface area contributed by atoms with Crippen molar-refractivity contribution in [2.24, 2.45) is 0 Å². The van der Waals surface area contributed by atoms with Gasteiger partial charge in [0, 0.05) is 19.3 Å². The number of anilines is 1. The lowest BCUT2D eigenvalue weighted by Crippen LogP contribution is -2.30. The molecular formula is C14H21N3O4S. The first-order valence-corrected chi connectivity index (χ1v) is 8.84. The molecule has 1 atom stereocenters. The average Bonchev–Trinajstić information content (AvgIpc) is 3.02. The van der Waals surface area contributed by atoms with Gasteiger partial charge in [-0.25, -0.2) is 18.2 Å². The first kappa shape index (κ1) is 16.7. The third-order valence-corrected chi connectivity index (χ3v) is 5.52. The van der Waals surface area contributed by atoms with Crippen molar-refractivity contribution in [3.8, 4) is 0 Å². The number of sulfonamides is 1. The Hall–Kier alpha value is -1.67. The summed E-state index contributed by atoms with van der Waals surface area (Å²) in [5.74, 6) is -0.585. The Labute approximate surface area is 130 Å². The molecule has 7 nitrogen and oxygen atoms in total. The second-order valence-electron chi connectivity index (χ2n) is 5.31. The molecule has 1 aromatic rings. The molecule has 2 N–H and O–H groups in total. The predicted molar refractivity (Wildman–Crippen MR) is 82.2 cm³/mol. The first-order valence-electron chi connectivity index (χ1n) is 7.40. The maximum absolute atomic E-state index is 12.4. The van der Waals surface area contributed by atoms with E-state index in [-0.39, 0.29) is 4.90 Å². The van der Waals surface area contributed by atoms with Crippen molar-refractivity contribution in [2.75, 3.05) is 18.4 Å². The Kier molecular flexibility index (Phi) is 5.36. The van der Waals surface area contributed by atoms with Gasteiger partial charge in [-0.05, 0) is 31.4 Å². The summed E-state index contributed by atoms with van der Waals surface area (Å²) in [7, 11) is -3.48. The summed E-state index contributed by atoms with van der Waals surface area (Å²) in [5.41, 5.74) is 0. The molecule has 22 heavy (non-hydrogen) atoms. The highest BCUT2D eigenvalue weighted by Gasteiger charge is 2.27. The lowest BCUT2D eigenvalue weighted by molar-refractivity contribution is -0.138. The van der Waals surface area contributed by atoms with E-state index in [4.69, 9.17) is 5.11 Å². The monoisotopic (exact) mass is 327 g/mol. The van der Waals surface area contributed by atoms with Crippen molar-refractivity contribution in [2.45, 2.75) is 43.5 Å². The van der Waals surface area contributed by atoms with Crippen LogP contribution in [0.3, 0.4) is 0 Å². The summed E-state index contributed by atoms with van der Waals surface area (Å²) in [6, 6.07) is 2.25. The zero-order valence-corrected chi connectivity index (χ0v) is 13.3. The van der Waals surface area contributed by atoms with Crippen LogP contribution in [-0.4, -0.2) is 47.9 Å². The SMILES string of the molecule is CCCC(Nc1ccc(S(=O)(=O)N2CCCC2)cn1)C(=O)O. The zero-order chi connectivity index (χ0) is 16.2. The van der Waals surface area contributed by atoms with Crippen molar-refractivity contribution in [3.63, 3.8) is 0 Å². The number of hydrogen-bond donors (Lipinski definition) is 2. The van der Waals surface area contributed by atoms with E-state index >= 15 is 0 Å². The van der Waals surface area contributed by atoms with E-state index in [1.807, 2.05) is 6.92 Å². The van der Waals surface area contributed by atoms with Crippen LogP contribution in [0.5, 0.6) is 0 Å². The van der Waals surface area contributed by atoms with Crippen molar-refractivity contribution in [3.05, 3.63) is 18.3 Å². The highest BCUT2D eigenvalue weighted by Crippen LogP contribution is 2.21. The second-order valence-corrected chi connectivity index (χ2v) is 7.25. The van der Waals surface area contributed by atoms with Crippen molar-refractivity contribution in [1.29, 1.82) is 0 Å². The lowest BCUT2D eigenvalue weighted by atomic mass is 10.2. The van der Waals surface area contributed by atoms with Crippen LogP contribution in [0, 0.1) is 0 Å². The third kappa shape index (κ3) is 3.75. The van der Waals surface area contributed by atoms with Crippen LogP contribution in [0.25, 0.3) is 0 Å². The number of nitrogens with zero attached hydrogens (tertiary/aromatic N) is 2. The normalized spacial score (nSPS) is 17.3. The van der Waals surface area contributed by atoms with E-state index in [1.54, 1.807) is 0 Å². The summed E-state index contributed by atoms with van der Waals surface area (Å²) in [6.45, 7) is 2.98. The van der Waals surface area contributed by atoms with Gasteiger partial charge in [-0.1, -0.05) is 13.3 Å². The highest BCUT2D eigenvalue weighted by molar-refractivity contribution is 7.89. The van der Waals surface area contributed by atoms with E-state index in [9.17, 15) is 13.2 Å². The molecule has 0 aromatic carbocycles. The van der Waals surface area contributed by atoms with Crippen LogP contribution in [0.15, 0.2) is 23.2 Å². The van der Waals surface area contributed by atoms with Crippen molar-refractivity contribution in [1.82, 2.24) is 9.29 Å². The molecule has 0 saturated carbocycles. The number of pyridine rings is 1. The van der Waals surface area contributed by atoms with Gasteiger partial charge >= 0.3 is 5.97 Å². The Morgan fingerprint density at radius 1 is 1.41 bits per heavy atom. The van der Waals surface area contributed by atoms with Gasteiger partial charge in [-0.15, -0.1) is 0 Å². The van der Waals surface area contributed by atoms with E-state index in [0.717, 1.165) is 19.3 Å². The lowest BCUT2D eigenvalue weighted by Gasteiger charge is -2.16. The summed E-state index contributed by atoms with van der Waals surface area (Å²) in [6.07, 6.45) is 4.24. The number of aromatic nitrogens is 1. The Balaban J connectivity index is 2.11. The van der Waals surface area contributed by atoms with Crippen LogP contribution in [-0.2, 0) is 14.8 Å². The van der Waals surface area contributed by atoms with Crippen LogP contribution in [0.2, 0.25) is 0 Å². The van der Waals surface area contributed by atoms with E-state index in [2.05, 4.69) is 10.3 Å². The molecule has 122 valence electrons. The number of aliphatic carboxylic acids is 1. The fourth-order valence-electron chi connectivity index (χ4n) is 2.42. The van der Waals surface area contributed by atoms with Crippen LogP contribution in [0.4, 0.5) is 5.82 Å². The number of carboxylic acid groups (broad SMARTS) is 1. The number of rotatable bonds is 7. The molecule has 2 rings (SSSR count). The minimum atomic E-state index is -3.48. The van der Waals surface area contributed by atoms with E-state index in [1.165, 1.54) is 22.6 Å². The Bertz CT molecular complexity index is 609. The molecule has 1 aliphatic heterocycles. The molecule has 0 aliphatic carbocycles. The quantitative estimate of drug-likeness (QED) is 0.788. The van der Waals surface area contributed by atoms with Crippen molar-refractivity contribution >= 4 is 21.8 Å². The van der Waals surface area contributed by atoms with Gasteiger partial charge in [0.05, 0.1) is 0 Å². The maximum atomic E-state index is 12.4. The first-order chi connectivity index (χ1) is 10.4. The van der Waals surface area contributed by atoms with Crippen LogP contribution >= 0.6 is 0 Å². The summed E-state index contributed by atoms with van der Waals surface area (Å²) in [5, 5.41) is 11.9. The van der Waals surface area contributed by atoms with Gasteiger partial charge in [0.2, 0.25) is 10.0 Å². The largest absolute Gasteiger partial charge is 0.480 e. The molecule has 1 saturated heterocycles. The van der Waals surface area contributed by atoms with Crippen molar-refractivity contribution < 1.29 is 18.3 Å². The number of carboxylic acids is 1. The van der Waals surface area contributed by atoms with E-state index < -0.39 is 22.0 Å². The minimum absolute atomic E-state index is 0.141. The molecule has 1 aliphatic rings. The fraction of sp³-hybridized carbons (Fsp3) is 0.571. The standard InChI is InChI=1S/C14H21N3O4S/c1-2-5-12(14(18)19)16-13-7-6-11(10-15-13)22(20,21)17-8-3-4-9-17/h6-7,10,12H,2-5,8-9H2,1H3,(H,15,16)(H,18,19). The number of nitrogens with one attached hydrogen (secondary N) is 1. The van der Waals surface area contributed by atoms with Gasteiger partial charge in [0.15, 0.2) is 0 Å². The molecule has 1 aromatic heterocycles. The second kappa shape index (κ2) is 7.06. The molecule has 8 heteroatoms. The summed E-state index contributed by atoms with van der Waals surface area (Å²) in [4.78, 5) is 15.3. The van der Waals surface area contributed by atoms with Gasteiger partial charge in [-0.3, -0.25) is 0 Å². The van der Waals surface area contributed by atoms with Gasteiger partial charge in [0.1, 0.15) is 16.8 Å². The minimum Gasteiger partial charge on any atom is -0.480 e. The summed E-state index contributed by atoms with van der Waals surface area (Å²) >= 11 is 0. The molecule has 1 unspecified atom stereocenters. The third-order valence-electron chi connectivity index (χ3n) is 3.64. The topological polar surface area (TPSA) is 99.6 Å². The highest BCUT2D eigenvalue weighted by atomic mass is 32.2. The molecule has 0 radical (unpaired) electrons. The van der Waals surface area contributed by atoms with Crippen LogP contribution in [0.1, 0.15) is 32.6 Å². The zero-order valence-electron chi connectivity index (χ0n) is 12.5. The number of hydrogen-bond acceptors (Lipinski definition) is 5. The molecular weight excluding hydrogens is 306 g/mol. The molecule has 1 fully saturated rings. The fourth-order valence-corrected chi connectivity index (χ4v) is 3.88. The van der Waals surface area contributed by atoms with Gasteiger partial charge < -0.3 is 10.4 Å². The maximum Gasteiger partial charge on any atom is 0.326 e. The van der Waals surface area contributed by atoms with Crippen LogP contribution < -0.4 is 5.32 Å².